The Kier molecular flexibility index (Phi) is 6.66. The summed E-state index contributed by atoms with van der Waals surface area (Å²) in [5.74, 6) is 0.667. The van der Waals surface area contributed by atoms with Gasteiger partial charge in [0.25, 0.3) is 0 Å². The Morgan fingerprint density at radius 1 is 1.31 bits per heavy atom. The second-order valence-electron chi connectivity index (χ2n) is 5.80. The number of methoxy groups -OCH3 is 1. The highest BCUT2D eigenvalue weighted by Crippen LogP contribution is 2.28. The van der Waals surface area contributed by atoms with Crippen LogP contribution in [0.2, 0.25) is 0 Å². The number of benzene rings is 2. The number of carbonyl (C=O) groups is 1. The molecule has 29 heavy (non-hydrogen) atoms. The van der Waals surface area contributed by atoms with Crippen molar-refractivity contribution in [3.63, 3.8) is 0 Å². The Bertz CT molecular complexity index is 1090. The number of hydrogen-bond donors (Lipinski definition) is 1. The predicted octanol–water partition coefficient (Wildman–Crippen LogP) is 4.20. The fourth-order valence-electron chi connectivity index (χ4n) is 2.58. The summed E-state index contributed by atoms with van der Waals surface area (Å²) in [5.41, 5.74) is 2.14. The zero-order valence-electron chi connectivity index (χ0n) is 15.5. The zero-order valence-corrected chi connectivity index (χ0v) is 17.1. The van der Waals surface area contributed by atoms with Gasteiger partial charge in [0.2, 0.25) is 5.91 Å². The first-order valence-corrected chi connectivity index (χ1v) is 9.36. The molecule has 1 heterocycles. The largest absolute Gasteiger partial charge is 0.493 e. The fourth-order valence-corrected chi connectivity index (χ4v) is 2.86. The van der Waals surface area contributed by atoms with Gasteiger partial charge in [0.15, 0.2) is 18.1 Å². The van der Waals surface area contributed by atoms with Crippen molar-refractivity contribution < 1.29 is 14.3 Å². The van der Waals surface area contributed by atoms with E-state index in [1.54, 1.807) is 41.2 Å². The van der Waals surface area contributed by atoms with E-state index >= 15 is 0 Å². The number of para-hydroxylation sites is 2. The number of hydrogen-bond acceptors (Lipinski definition) is 5. The van der Waals surface area contributed by atoms with Crippen molar-refractivity contribution in [1.29, 1.82) is 5.26 Å². The molecule has 0 bridgehead atoms. The molecule has 1 aromatic heterocycles. The summed E-state index contributed by atoms with van der Waals surface area (Å²) in [6.07, 6.45) is 6.58. The van der Waals surface area contributed by atoms with Crippen LogP contribution in [0.5, 0.6) is 11.5 Å². The van der Waals surface area contributed by atoms with Crippen LogP contribution in [0, 0.1) is 11.3 Å². The lowest BCUT2D eigenvalue weighted by Gasteiger charge is -2.10. The van der Waals surface area contributed by atoms with Gasteiger partial charge < -0.3 is 14.8 Å². The quantitative estimate of drug-likeness (QED) is 0.542. The monoisotopic (exact) mass is 452 g/mol. The summed E-state index contributed by atoms with van der Waals surface area (Å²) in [7, 11) is 1.51. The van der Waals surface area contributed by atoms with Gasteiger partial charge in [0.05, 0.1) is 29.2 Å². The van der Waals surface area contributed by atoms with Crippen molar-refractivity contribution in [3.05, 3.63) is 71.0 Å². The topological polar surface area (TPSA) is 89.2 Å². The van der Waals surface area contributed by atoms with E-state index in [9.17, 15) is 4.79 Å². The van der Waals surface area contributed by atoms with Gasteiger partial charge in [0, 0.05) is 12.3 Å². The molecule has 0 unspecified atom stereocenters. The first kappa shape index (κ1) is 20.2. The first-order chi connectivity index (χ1) is 14.1. The third-order valence-corrected chi connectivity index (χ3v) is 4.28. The van der Waals surface area contributed by atoms with E-state index in [1.807, 2.05) is 30.5 Å². The molecular formula is C21H17BrN4O3. The number of nitrogens with one attached hydrogen (secondary N) is 1. The lowest BCUT2D eigenvalue weighted by Crippen LogP contribution is -2.10. The summed E-state index contributed by atoms with van der Waals surface area (Å²) < 4.78 is 13.1. The molecule has 2 aromatic carbocycles. The van der Waals surface area contributed by atoms with Crippen LogP contribution in [0.1, 0.15) is 5.56 Å². The summed E-state index contributed by atoms with van der Waals surface area (Å²) in [4.78, 5) is 12.4. The van der Waals surface area contributed by atoms with E-state index in [1.165, 1.54) is 13.2 Å². The summed E-state index contributed by atoms with van der Waals surface area (Å²) >= 11 is 3.37. The summed E-state index contributed by atoms with van der Waals surface area (Å²) in [5, 5.41) is 15.7. The zero-order chi connectivity index (χ0) is 20.6. The fraction of sp³-hybridized carbons (Fsp3) is 0.0952. The number of carbonyl (C=O) groups excluding carboxylic acids is 1. The molecule has 0 atom stereocenters. The van der Waals surface area contributed by atoms with Gasteiger partial charge in [-0.2, -0.15) is 10.4 Å². The maximum Gasteiger partial charge on any atom is 0.248 e. The molecular weight excluding hydrogens is 436 g/mol. The molecule has 3 aromatic rings. The number of aromatic nitrogens is 2. The van der Waals surface area contributed by atoms with Gasteiger partial charge in [-0.25, -0.2) is 4.68 Å². The number of nitrogens with zero attached hydrogens (tertiary/aromatic N) is 3. The number of nitriles is 1. The van der Waals surface area contributed by atoms with Crippen LogP contribution >= 0.6 is 15.9 Å². The second kappa shape index (κ2) is 9.57. The van der Waals surface area contributed by atoms with Gasteiger partial charge in [0.1, 0.15) is 6.07 Å². The number of amides is 1. The maximum atomic E-state index is 12.4. The Morgan fingerprint density at radius 3 is 2.86 bits per heavy atom. The van der Waals surface area contributed by atoms with Crippen LogP contribution < -0.4 is 14.8 Å². The van der Waals surface area contributed by atoms with Crippen LogP contribution in [0.15, 0.2) is 65.4 Å². The van der Waals surface area contributed by atoms with Gasteiger partial charge in [-0.1, -0.05) is 18.2 Å². The molecule has 0 saturated carbocycles. The third kappa shape index (κ3) is 5.24. The highest BCUT2D eigenvalue weighted by atomic mass is 79.9. The highest BCUT2D eigenvalue weighted by Gasteiger charge is 2.08. The van der Waals surface area contributed by atoms with Crippen molar-refractivity contribution >= 4 is 33.6 Å². The Morgan fingerprint density at radius 2 is 2.14 bits per heavy atom. The molecule has 0 fully saturated rings. The molecule has 1 N–H and O–H groups in total. The normalized spacial score (nSPS) is 10.5. The van der Waals surface area contributed by atoms with Crippen LogP contribution in [0.3, 0.4) is 0 Å². The molecule has 7 nitrogen and oxygen atoms in total. The molecule has 1 amide bonds. The molecule has 0 spiro atoms. The van der Waals surface area contributed by atoms with E-state index in [-0.39, 0.29) is 12.5 Å². The van der Waals surface area contributed by atoms with Crippen molar-refractivity contribution in [3.8, 4) is 23.3 Å². The predicted molar refractivity (Wildman–Crippen MR) is 113 cm³/mol. The van der Waals surface area contributed by atoms with Gasteiger partial charge >= 0.3 is 0 Å². The summed E-state index contributed by atoms with van der Waals surface area (Å²) in [6, 6.07) is 14.5. The van der Waals surface area contributed by atoms with Crippen molar-refractivity contribution in [1.82, 2.24) is 9.78 Å². The minimum atomic E-state index is -0.285. The smallest absolute Gasteiger partial charge is 0.248 e. The van der Waals surface area contributed by atoms with Crippen molar-refractivity contribution in [2.45, 2.75) is 0 Å². The number of rotatable bonds is 7. The Labute approximate surface area is 176 Å². The van der Waals surface area contributed by atoms with E-state index in [0.29, 0.717) is 17.2 Å². The van der Waals surface area contributed by atoms with E-state index in [0.717, 1.165) is 15.7 Å². The van der Waals surface area contributed by atoms with Crippen LogP contribution in [0.4, 0.5) is 5.69 Å². The van der Waals surface area contributed by atoms with Crippen LogP contribution in [-0.2, 0) is 4.79 Å². The molecule has 3 rings (SSSR count). The van der Waals surface area contributed by atoms with Gasteiger partial charge in [-0.05, 0) is 51.8 Å². The lowest BCUT2D eigenvalue weighted by atomic mass is 10.2. The van der Waals surface area contributed by atoms with Crippen molar-refractivity contribution in [2.75, 3.05) is 19.0 Å². The number of ether oxygens (including phenoxy) is 2. The highest BCUT2D eigenvalue weighted by molar-refractivity contribution is 9.10. The van der Waals surface area contributed by atoms with Crippen LogP contribution in [0.25, 0.3) is 11.8 Å². The second-order valence-corrected chi connectivity index (χ2v) is 6.72. The minimum Gasteiger partial charge on any atom is -0.493 e. The van der Waals surface area contributed by atoms with E-state index in [2.05, 4.69) is 26.3 Å². The van der Waals surface area contributed by atoms with E-state index < -0.39 is 0 Å². The lowest BCUT2D eigenvalue weighted by molar-refractivity contribution is -0.111. The Hall–Kier alpha value is -3.57. The molecule has 0 radical (unpaired) electrons. The standard InChI is InChI=1S/C21H17BrN4O3/c1-28-20-12-15(6-8-19(20)29-11-10-23)7-9-21(27)25-17-4-2-3-5-18(17)26-14-16(22)13-24-26/h2-9,12-14H,11H2,1H3,(H,25,27). The van der Waals surface area contributed by atoms with E-state index in [4.69, 9.17) is 14.7 Å². The van der Waals surface area contributed by atoms with Gasteiger partial charge in [-0.3, -0.25) is 4.79 Å². The molecule has 0 aliphatic rings. The Balaban J connectivity index is 1.73. The molecule has 0 aliphatic heterocycles. The third-order valence-electron chi connectivity index (χ3n) is 3.87. The molecule has 0 aliphatic carbocycles. The molecule has 8 heteroatoms. The molecule has 146 valence electrons. The average Bonchev–Trinajstić information content (AvgIpc) is 3.17. The SMILES string of the molecule is COc1cc(C=CC(=O)Nc2ccccc2-n2cc(Br)cn2)ccc1OCC#N. The maximum absolute atomic E-state index is 12.4. The average molecular weight is 453 g/mol. The summed E-state index contributed by atoms with van der Waals surface area (Å²) in [6.45, 7) is -0.0693. The molecule has 0 saturated heterocycles. The minimum absolute atomic E-state index is 0.0693. The number of halogens is 1. The van der Waals surface area contributed by atoms with Gasteiger partial charge in [-0.15, -0.1) is 0 Å². The van der Waals surface area contributed by atoms with Crippen molar-refractivity contribution in [2.24, 2.45) is 0 Å². The van der Waals surface area contributed by atoms with Crippen LogP contribution in [-0.4, -0.2) is 29.4 Å². The number of anilines is 1. The first-order valence-electron chi connectivity index (χ1n) is 8.57.